The largest absolute Gasteiger partial charge is 0.322 e. The summed E-state index contributed by atoms with van der Waals surface area (Å²) in [5.41, 5.74) is 2.26. The SMILES string of the molecule is Cn1cc(C(=O)Nc2ccc3n[nH]nc3c2)ccc1=O. The highest BCUT2D eigenvalue weighted by atomic mass is 16.2. The number of hydrogen-bond donors (Lipinski definition) is 2. The molecule has 7 nitrogen and oxygen atoms in total. The highest BCUT2D eigenvalue weighted by molar-refractivity contribution is 6.04. The van der Waals surface area contributed by atoms with Crippen molar-refractivity contribution in [1.29, 1.82) is 0 Å². The smallest absolute Gasteiger partial charge is 0.257 e. The minimum atomic E-state index is -0.288. The number of rotatable bonds is 2. The third-order valence-corrected chi connectivity index (χ3v) is 2.92. The summed E-state index contributed by atoms with van der Waals surface area (Å²) in [6, 6.07) is 8.07. The van der Waals surface area contributed by atoms with E-state index in [1.54, 1.807) is 25.2 Å². The molecule has 2 heterocycles. The number of nitrogens with one attached hydrogen (secondary N) is 2. The second-order valence-corrected chi connectivity index (χ2v) is 4.35. The lowest BCUT2D eigenvalue weighted by molar-refractivity contribution is 0.102. The van der Waals surface area contributed by atoms with Gasteiger partial charge < -0.3 is 9.88 Å². The third-order valence-electron chi connectivity index (χ3n) is 2.92. The maximum atomic E-state index is 12.1. The lowest BCUT2D eigenvalue weighted by Gasteiger charge is -2.06. The molecule has 1 amide bonds. The number of carbonyl (C=O) groups is 1. The number of aromatic amines is 1. The standard InChI is InChI=1S/C13H11N5O2/c1-18-7-8(2-5-12(18)19)13(20)14-9-3-4-10-11(6-9)16-17-15-10/h2-7H,1H3,(H,14,20)(H,15,16,17). The lowest BCUT2D eigenvalue weighted by Crippen LogP contribution is -2.19. The van der Waals surface area contributed by atoms with Crippen molar-refractivity contribution >= 4 is 22.6 Å². The van der Waals surface area contributed by atoms with Crippen LogP contribution in [0.4, 0.5) is 5.69 Å². The summed E-state index contributed by atoms with van der Waals surface area (Å²) in [4.78, 5) is 23.4. The molecule has 0 fully saturated rings. The quantitative estimate of drug-likeness (QED) is 0.723. The monoisotopic (exact) mass is 269 g/mol. The Bertz CT molecular complexity index is 849. The van der Waals surface area contributed by atoms with Gasteiger partial charge in [-0.05, 0) is 24.3 Å². The second kappa shape index (κ2) is 4.61. The molecule has 0 aliphatic carbocycles. The number of nitrogens with zero attached hydrogens (tertiary/aromatic N) is 3. The van der Waals surface area contributed by atoms with Crippen molar-refractivity contribution in [1.82, 2.24) is 20.0 Å². The number of aryl methyl sites for hydroxylation is 1. The Morgan fingerprint density at radius 3 is 2.80 bits per heavy atom. The third kappa shape index (κ3) is 2.16. The van der Waals surface area contributed by atoms with Crippen LogP contribution in [0.15, 0.2) is 41.3 Å². The number of carbonyl (C=O) groups excluding carboxylic acids is 1. The predicted molar refractivity (Wildman–Crippen MR) is 73.5 cm³/mol. The minimum Gasteiger partial charge on any atom is -0.322 e. The van der Waals surface area contributed by atoms with Gasteiger partial charge in [-0.1, -0.05) is 0 Å². The molecule has 0 aliphatic heterocycles. The van der Waals surface area contributed by atoms with Crippen molar-refractivity contribution in [2.45, 2.75) is 0 Å². The molecule has 0 radical (unpaired) electrons. The summed E-state index contributed by atoms with van der Waals surface area (Å²) < 4.78 is 1.36. The van der Waals surface area contributed by atoms with Crippen LogP contribution >= 0.6 is 0 Å². The number of anilines is 1. The van der Waals surface area contributed by atoms with Gasteiger partial charge >= 0.3 is 0 Å². The Labute approximate surface area is 113 Å². The predicted octanol–water partition coefficient (Wildman–Crippen LogP) is 0.909. The van der Waals surface area contributed by atoms with Crippen LogP contribution in [0.1, 0.15) is 10.4 Å². The number of fused-ring (bicyclic) bond motifs is 1. The van der Waals surface area contributed by atoms with Crippen molar-refractivity contribution < 1.29 is 4.79 Å². The highest BCUT2D eigenvalue weighted by Crippen LogP contribution is 2.15. The van der Waals surface area contributed by atoms with Gasteiger partial charge in [-0.25, -0.2) is 0 Å². The molecule has 3 rings (SSSR count). The summed E-state index contributed by atoms with van der Waals surface area (Å²) in [7, 11) is 1.60. The number of H-pyrrole nitrogens is 1. The molecule has 0 saturated heterocycles. The number of amides is 1. The van der Waals surface area contributed by atoms with Gasteiger partial charge in [0.25, 0.3) is 5.91 Å². The van der Waals surface area contributed by atoms with E-state index in [4.69, 9.17) is 0 Å². The zero-order valence-electron chi connectivity index (χ0n) is 10.6. The van der Waals surface area contributed by atoms with E-state index in [1.807, 2.05) is 0 Å². The summed E-state index contributed by atoms with van der Waals surface area (Å²) in [5, 5.41) is 13.1. The Hall–Kier alpha value is -2.96. The lowest BCUT2D eigenvalue weighted by atomic mass is 10.2. The first-order chi connectivity index (χ1) is 9.63. The van der Waals surface area contributed by atoms with Crippen LogP contribution < -0.4 is 10.9 Å². The number of benzene rings is 1. The van der Waals surface area contributed by atoms with E-state index < -0.39 is 0 Å². The van der Waals surface area contributed by atoms with Crippen molar-refractivity contribution in [3.63, 3.8) is 0 Å². The fourth-order valence-electron chi connectivity index (χ4n) is 1.85. The molecule has 3 aromatic rings. The maximum absolute atomic E-state index is 12.1. The molecule has 0 unspecified atom stereocenters. The Morgan fingerprint density at radius 1 is 1.20 bits per heavy atom. The van der Waals surface area contributed by atoms with Crippen molar-refractivity contribution in [3.8, 4) is 0 Å². The van der Waals surface area contributed by atoms with E-state index >= 15 is 0 Å². The van der Waals surface area contributed by atoms with Crippen LogP contribution in [0.5, 0.6) is 0 Å². The molecule has 20 heavy (non-hydrogen) atoms. The summed E-state index contributed by atoms with van der Waals surface area (Å²) in [6.07, 6.45) is 1.49. The first-order valence-corrected chi connectivity index (χ1v) is 5.92. The van der Waals surface area contributed by atoms with E-state index in [1.165, 1.54) is 22.9 Å². The topological polar surface area (TPSA) is 92.7 Å². The van der Waals surface area contributed by atoms with Gasteiger partial charge in [0.2, 0.25) is 5.56 Å². The van der Waals surface area contributed by atoms with Crippen molar-refractivity contribution in [3.05, 3.63) is 52.4 Å². The number of hydrogen-bond acceptors (Lipinski definition) is 4. The average Bonchev–Trinajstić information content (AvgIpc) is 2.89. The molecule has 0 atom stereocenters. The van der Waals surface area contributed by atoms with Crippen LogP contribution in [0.2, 0.25) is 0 Å². The summed E-state index contributed by atoms with van der Waals surface area (Å²) in [5.74, 6) is -0.288. The normalized spacial score (nSPS) is 10.7. The molecule has 0 bridgehead atoms. The Morgan fingerprint density at radius 2 is 2.00 bits per heavy atom. The van der Waals surface area contributed by atoms with Gasteiger partial charge in [-0.15, -0.1) is 0 Å². The Balaban J connectivity index is 1.87. The number of pyridine rings is 1. The fraction of sp³-hybridized carbons (Fsp3) is 0.0769. The molecule has 1 aromatic carbocycles. The summed E-state index contributed by atoms with van der Waals surface area (Å²) >= 11 is 0. The van der Waals surface area contributed by atoms with Crippen LogP contribution in [-0.2, 0) is 7.05 Å². The first kappa shape index (κ1) is 12.1. The average molecular weight is 269 g/mol. The van der Waals surface area contributed by atoms with E-state index in [0.29, 0.717) is 16.8 Å². The summed E-state index contributed by atoms with van der Waals surface area (Å²) in [6.45, 7) is 0. The van der Waals surface area contributed by atoms with E-state index in [9.17, 15) is 9.59 Å². The zero-order chi connectivity index (χ0) is 14.1. The molecule has 100 valence electrons. The molecule has 0 aliphatic rings. The van der Waals surface area contributed by atoms with Crippen LogP contribution in [0, 0.1) is 0 Å². The van der Waals surface area contributed by atoms with Crippen LogP contribution in [-0.4, -0.2) is 25.9 Å². The van der Waals surface area contributed by atoms with Gasteiger partial charge in [0.05, 0.1) is 5.56 Å². The minimum absolute atomic E-state index is 0.162. The molecule has 0 saturated carbocycles. The van der Waals surface area contributed by atoms with Crippen LogP contribution in [0.3, 0.4) is 0 Å². The van der Waals surface area contributed by atoms with Gasteiger partial charge in [0.1, 0.15) is 11.0 Å². The molecule has 7 heteroatoms. The number of aromatic nitrogens is 4. The molecule has 0 spiro atoms. The first-order valence-electron chi connectivity index (χ1n) is 5.92. The Kier molecular flexibility index (Phi) is 2.79. The fourth-order valence-corrected chi connectivity index (χ4v) is 1.85. The molecule has 2 aromatic heterocycles. The van der Waals surface area contributed by atoms with E-state index in [0.717, 1.165) is 5.52 Å². The molecule has 2 N–H and O–H groups in total. The van der Waals surface area contributed by atoms with Gasteiger partial charge in [0, 0.05) is 25.0 Å². The van der Waals surface area contributed by atoms with Crippen LogP contribution in [0.25, 0.3) is 11.0 Å². The van der Waals surface area contributed by atoms with Gasteiger partial charge in [-0.3, -0.25) is 9.59 Å². The van der Waals surface area contributed by atoms with E-state index in [2.05, 4.69) is 20.7 Å². The zero-order valence-corrected chi connectivity index (χ0v) is 10.6. The highest BCUT2D eigenvalue weighted by Gasteiger charge is 2.08. The molecular formula is C13H11N5O2. The van der Waals surface area contributed by atoms with Gasteiger partial charge in [-0.2, -0.15) is 15.4 Å². The van der Waals surface area contributed by atoms with Crippen molar-refractivity contribution in [2.24, 2.45) is 7.05 Å². The second-order valence-electron chi connectivity index (χ2n) is 4.35. The van der Waals surface area contributed by atoms with Crippen molar-refractivity contribution in [2.75, 3.05) is 5.32 Å². The maximum Gasteiger partial charge on any atom is 0.257 e. The van der Waals surface area contributed by atoms with Gasteiger partial charge in [0.15, 0.2) is 0 Å². The molecular weight excluding hydrogens is 258 g/mol. The van der Waals surface area contributed by atoms with E-state index in [-0.39, 0.29) is 11.5 Å².